The first kappa shape index (κ1) is 19.5. The molecule has 3 aromatic rings. The lowest BCUT2D eigenvalue weighted by Gasteiger charge is -2.27. The van der Waals surface area contributed by atoms with Crippen LogP contribution in [0.15, 0.2) is 76.1 Å². The van der Waals surface area contributed by atoms with E-state index in [-0.39, 0.29) is 17.5 Å². The van der Waals surface area contributed by atoms with E-state index in [2.05, 4.69) is 16.4 Å². The van der Waals surface area contributed by atoms with Gasteiger partial charge in [-0.25, -0.2) is 4.98 Å². The van der Waals surface area contributed by atoms with Crippen LogP contribution in [0.3, 0.4) is 0 Å². The Hall–Kier alpha value is -3.42. The molecule has 0 amide bonds. The highest BCUT2D eigenvalue weighted by atomic mass is 32.2. The van der Waals surface area contributed by atoms with Crippen LogP contribution in [-0.2, 0) is 10.9 Å². The van der Waals surface area contributed by atoms with Gasteiger partial charge in [0.1, 0.15) is 17.2 Å². The molecule has 2 unspecified atom stereocenters. The van der Waals surface area contributed by atoms with Gasteiger partial charge in [-0.3, -0.25) is 4.31 Å². The molecular weight excluding hydrogens is 429 g/mol. The van der Waals surface area contributed by atoms with Crippen LogP contribution >= 0.6 is 11.9 Å². The number of epoxide rings is 1. The summed E-state index contributed by atoms with van der Waals surface area (Å²) in [6.07, 6.45) is -2.50. The molecule has 2 aliphatic heterocycles. The van der Waals surface area contributed by atoms with E-state index in [9.17, 15) is 18.4 Å². The number of nitrogens with zero attached hydrogens (tertiary/aromatic N) is 3. The molecule has 6 nitrogen and oxygen atoms in total. The predicted molar refractivity (Wildman–Crippen MR) is 108 cm³/mol. The van der Waals surface area contributed by atoms with E-state index in [0.29, 0.717) is 10.8 Å². The first-order valence-corrected chi connectivity index (χ1v) is 9.92. The molecule has 1 aromatic heterocycles. The molecule has 5 rings (SSSR count). The van der Waals surface area contributed by atoms with Gasteiger partial charge in [0.15, 0.2) is 18.4 Å². The lowest BCUT2D eigenvalue weighted by Crippen LogP contribution is -2.27. The molecular formula is C21H13F3N4O2S. The molecule has 0 bridgehead atoms. The first-order valence-electron chi connectivity index (χ1n) is 9.15. The van der Waals surface area contributed by atoms with Crippen LogP contribution in [0.4, 0.5) is 24.5 Å². The molecule has 0 saturated carbocycles. The highest BCUT2D eigenvalue weighted by molar-refractivity contribution is 8.04. The molecule has 3 heterocycles. The summed E-state index contributed by atoms with van der Waals surface area (Å²) in [6.45, 7) is 0. The third-order valence-corrected chi connectivity index (χ3v) is 5.96. The van der Waals surface area contributed by atoms with Crippen LogP contribution in [0, 0.1) is 11.3 Å². The van der Waals surface area contributed by atoms with Gasteiger partial charge in [0.2, 0.25) is 0 Å². The van der Waals surface area contributed by atoms with Gasteiger partial charge in [-0.05, 0) is 24.3 Å². The van der Waals surface area contributed by atoms with Crippen LogP contribution in [0.25, 0.3) is 11.3 Å². The monoisotopic (exact) mass is 442 g/mol. The minimum absolute atomic E-state index is 0.125. The van der Waals surface area contributed by atoms with E-state index < -0.39 is 17.8 Å². The summed E-state index contributed by atoms with van der Waals surface area (Å²) < 4.78 is 53.1. The molecule has 1 saturated heterocycles. The largest absolute Gasteiger partial charge is 0.444 e. The lowest BCUT2D eigenvalue weighted by atomic mass is 10.1. The number of nitriles is 1. The fraction of sp³-hybridized carbons (Fsp3) is 0.143. The Morgan fingerprint density at radius 1 is 1.16 bits per heavy atom. The number of alkyl halides is 3. The number of para-hydroxylation sites is 1. The molecule has 0 radical (unpaired) electrons. The zero-order valence-corrected chi connectivity index (χ0v) is 16.4. The number of hydrogen-bond donors (Lipinski definition) is 1. The van der Waals surface area contributed by atoms with Crippen molar-refractivity contribution in [2.75, 3.05) is 9.62 Å². The SMILES string of the molecule is N#CC1=C(Nc2ccccc2C(F)(F)F)SN(c2cccc(-c3cnco3)c2)C2OC12. The van der Waals surface area contributed by atoms with E-state index in [0.717, 1.165) is 29.3 Å². The highest BCUT2D eigenvalue weighted by Crippen LogP contribution is 2.49. The number of halogens is 3. The Morgan fingerprint density at radius 3 is 2.74 bits per heavy atom. The van der Waals surface area contributed by atoms with Crippen molar-refractivity contribution in [1.29, 1.82) is 5.26 Å². The fourth-order valence-corrected chi connectivity index (χ4v) is 4.44. The van der Waals surface area contributed by atoms with Crippen molar-refractivity contribution in [3.05, 3.63) is 77.3 Å². The fourth-order valence-electron chi connectivity index (χ4n) is 3.34. The van der Waals surface area contributed by atoms with Crippen LogP contribution in [0.2, 0.25) is 0 Å². The second-order valence-electron chi connectivity index (χ2n) is 6.80. The van der Waals surface area contributed by atoms with Crippen molar-refractivity contribution >= 4 is 23.3 Å². The van der Waals surface area contributed by atoms with Crippen molar-refractivity contribution < 1.29 is 22.3 Å². The summed E-state index contributed by atoms with van der Waals surface area (Å²) in [5, 5.41) is 12.7. The number of ether oxygens (including phenoxy) is 1. The van der Waals surface area contributed by atoms with E-state index >= 15 is 0 Å². The van der Waals surface area contributed by atoms with Gasteiger partial charge < -0.3 is 14.5 Å². The van der Waals surface area contributed by atoms with Gasteiger partial charge in [0.05, 0.1) is 28.7 Å². The van der Waals surface area contributed by atoms with Gasteiger partial charge >= 0.3 is 6.18 Å². The van der Waals surface area contributed by atoms with Crippen molar-refractivity contribution in [2.45, 2.75) is 18.5 Å². The molecule has 1 fully saturated rings. The van der Waals surface area contributed by atoms with E-state index in [4.69, 9.17) is 9.15 Å². The van der Waals surface area contributed by atoms with Crippen LogP contribution < -0.4 is 9.62 Å². The summed E-state index contributed by atoms with van der Waals surface area (Å²) in [4.78, 5) is 3.92. The maximum Gasteiger partial charge on any atom is 0.418 e. The zero-order chi connectivity index (χ0) is 21.6. The number of fused-ring (bicyclic) bond motifs is 1. The Balaban J connectivity index is 1.48. The first-order chi connectivity index (χ1) is 15.0. The Labute approximate surface area is 179 Å². The summed E-state index contributed by atoms with van der Waals surface area (Å²) in [6, 6.07) is 14.6. The number of benzene rings is 2. The molecule has 1 N–H and O–H groups in total. The molecule has 10 heteroatoms. The third-order valence-electron chi connectivity index (χ3n) is 4.84. The number of anilines is 2. The molecule has 2 atom stereocenters. The van der Waals surface area contributed by atoms with Gasteiger partial charge in [-0.15, -0.1) is 0 Å². The van der Waals surface area contributed by atoms with Crippen molar-refractivity contribution in [3.63, 3.8) is 0 Å². The minimum Gasteiger partial charge on any atom is -0.444 e. The highest BCUT2D eigenvalue weighted by Gasteiger charge is 2.52. The maximum absolute atomic E-state index is 13.4. The Bertz CT molecular complexity index is 1200. The van der Waals surface area contributed by atoms with Gasteiger partial charge in [-0.2, -0.15) is 18.4 Å². The molecule has 156 valence electrons. The summed E-state index contributed by atoms with van der Waals surface area (Å²) in [5.74, 6) is 0.586. The summed E-state index contributed by atoms with van der Waals surface area (Å²) >= 11 is 1.13. The molecule has 2 aromatic carbocycles. The van der Waals surface area contributed by atoms with Crippen molar-refractivity contribution in [1.82, 2.24) is 4.98 Å². The molecule has 0 aliphatic carbocycles. The average molecular weight is 442 g/mol. The number of aromatic nitrogens is 1. The smallest absolute Gasteiger partial charge is 0.418 e. The number of nitrogens with one attached hydrogen (secondary N) is 1. The Kier molecular flexibility index (Phi) is 4.64. The zero-order valence-electron chi connectivity index (χ0n) is 15.6. The summed E-state index contributed by atoms with van der Waals surface area (Å²) in [7, 11) is 0. The molecule has 31 heavy (non-hydrogen) atoms. The molecule has 2 aliphatic rings. The van der Waals surface area contributed by atoms with Gasteiger partial charge in [0.25, 0.3) is 0 Å². The van der Waals surface area contributed by atoms with Gasteiger partial charge in [-0.1, -0.05) is 24.3 Å². The van der Waals surface area contributed by atoms with E-state index in [1.165, 1.54) is 24.6 Å². The number of hydrogen-bond acceptors (Lipinski definition) is 7. The van der Waals surface area contributed by atoms with E-state index in [1.807, 2.05) is 28.6 Å². The van der Waals surface area contributed by atoms with Crippen molar-refractivity contribution in [3.8, 4) is 17.4 Å². The van der Waals surface area contributed by atoms with Crippen LogP contribution in [0.5, 0.6) is 0 Å². The van der Waals surface area contributed by atoms with Crippen LogP contribution in [0.1, 0.15) is 5.56 Å². The van der Waals surface area contributed by atoms with Gasteiger partial charge in [0, 0.05) is 17.5 Å². The standard InChI is InChI=1S/C21H13F3N4O2S/c22-21(23,24)15-6-1-2-7-16(15)27-19-14(9-25)18-20(30-18)28(31-19)13-5-3-4-12(8-13)17-10-26-11-29-17/h1-8,10-11,18,20,27H. The Morgan fingerprint density at radius 2 is 2.00 bits per heavy atom. The number of rotatable bonds is 4. The topological polar surface area (TPSA) is 77.6 Å². The third kappa shape index (κ3) is 3.62. The second kappa shape index (κ2) is 7.37. The summed E-state index contributed by atoms with van der Waals surface area (Å²) in [5.41, 5.74) is 0.888. The quantitative estimate of drug-likeness (QED) is 0.428. The number of oxazole rings is 1. The predicted octanol–water partition coefficient (Wildman–Crippen LogP) is 5.40. The lowest BCUT2D eigenvalue weighted by molar-refractivity contribution is -0.136. The van der Waals surface area contributed by atoms with Crippen molar-refractivity contribution in [2.24, 2.45) is 0 Å². The van der Waals surface area contributed by atoms with E-state index in [1.54, 1.807) is 6.20 Å². The maximum atomic E-state index is 13.4. The second-order valence-corrected chi connectivity index (χ2v) is 7.79. The normalized spacial score (nSPS) is 20.3. The van der Waals surface area contributed by atoms with Crippen LogP contribution in [-0.4, -0.2) is 17.3 Å². The minimum atomic E-state index is -4.53. The molecule has 0 spiro atoms. The average Bonchev–Trinajstić information content (AvgIpc) is 3.35.